The smallest absolute Gasteiger partial charge is 0.253 e. The van der Waals surface area contributed by atoms with Crippen LogP contribution in [0.2, 0.25) is 5.02 Å². The molecule has 0 aliphatic carbocycles. The molecule has 4 heteroatoms. The van der Waals surface area contributed by atoms with Crippen LogP contribution >= 0.6 is 11.6 Å². The van der Waals surface area contributed by atoms with Gasteiger partial charge in [0.1, 0.15) is 12.4 Å². The average Bonchev–Trinajstić information content (AvgIpc) is 2.48. The van der Waals surface area contributed by atoms with Crippen LogP contribution < -0.4 is 4.74 Å². The van der Waals surface area contributed by atoms with E-state index in [9.17, 15) is 4.79 Å². The molecule has 0 spiro atoms. The summed E-state index contributed by atoms with van der Waals surface area (Å²) < 4.78 is 5.61. The van der Waals surface area contributed by atoms with Gasteiger partial charge in [0.2, 0.25) is 0 Å². The molecule has 2 aromatic carbocycles. The third-order valence-electron chi connectivity index (χ3n) is 3.47. The molecule has 1 amide bonds. The van der Waals surface area contributed by atoms with E-state index in [-0.39, 0.29) is 5.91 Å². The van der Waals surface area contributed by atoms with Gasteiger partial charge < -0.3 is 9.64 Å². The Morgan fingerprint density at radius 1 is 1.14 bits per heavy atom. The summed E-state index contributed by atoms with van der Waals surface area (Å²) in [5.74, 6) is 0.758. The first-order valence-corrected chi connectivity index (χ1v) is 7.56. The molecule has 0 heterocycles. The Kier molecular flexibility index (Phi) is 5.45. The van der Waals surface area contributed by atoms with Crippen molar-refractivity contribution in [1.29, 1.82) is 0 Å². The molecule has 116 valence electrons. The molecule has 0 atom stereocenters. The molecule has 0 aromatic heterocycles. The van der Waals surface area contributed by atoms with Gasteiger partial charge in [-0.3, -0.25) is 4.79 Å². The Balaban J connectivity index is 1.90. The molecular formula is C18H20ClNO2. The monoisotopic (exact) mass is 317 g/mol. The standard InChI is InChI=1S/C18H20ClNO2/c1-13-4-9-17(14(2)12-13)18(21)20(3)10-11-22-16-7-5-15(19)6-8-16/h4-9,12H,10-11H2,1-3H3. The number of benzene rings is 2. The predicted octanol–water partition coefficient (Wildman–Crippen LogP) is 4.11. The maximum Gasteiger partial charge on any atom is 0.253 e. The van der Waals surface area contributed by atoms with Crippen LogP contribution in [0.5, 0.6) is 5.75 Å². The summed E-state index contributed by atoms with van der Waals surface area (Å²) in [4.78, 5) is 14.1. The Bertz CT molecular complexity index is 653. The van der Waals surface area contributed by atoms with Gasteiger partial charge in [0, 0.05) is 17.6 Å². The van der Waals surface area contributed by atoms with E-state index in [0.717, 1.165) is 22.4 Å². The third kappa shape index (κ3) is 4.25. The van der Waals surface area contributed by atoms with E-state index < -0.39 is 0 Å². The Hall–Kier alpha value is -2.00. The van der Waals surface area contributed by atoms with Crippen molar-refractivity contribution in [2.75, 3.05) is 20.2 Å². The minimum absolute atomic E-state index is 0.0113. The molecule has 0 aliphatic heterocycles. The van der Waals surface area contributed by atoms with Crippen molar-refractivity contribution in [2.24, 2.45) is 0 Å². The summed E-state index contributed by atoms with van der Waals surface area (Å²) in [6.07, 6.45) is 0. The van der Waals surface area contributed by atoms with E-state index in [2.05, 4.69) is 0 Å². The van der Waals surface area contributed by atoms with Gasteiger partial charge in [0.15, 0.2) is 0 Å². The number of carbonyl (C=O) groups excluding carboxylic acids is 1. The lowest BCUT2D eigenvalue weighted by molar-refractivity contribution is 0.0773. The second kappa shape index (κ2) is 7.32. The van der Waals surface area contributed by atoms with E-state index in [1.165, 1.54) is 0 Å². The molecule has 0 aliphatic rings. The van der Waals surface area contributed by atoms with Gasteiger partial charge in [-0.25, -0.2) is 0 Å². The third-order valence-corrected chi connectivity index (χ3v) is 3.72. The zero-order valence-corrected chi connectivity index (χ0v) is 13.9. The lowest BCUT2D eigenvalue weighted by atomic mass is 10.0. The molecule has 0 bridgehead atoms. The van der Waals surface area contributed by atoms with Gasteiger partial charge in [-0.1, -0.05) is 29.3 Å². The fraction of sp³-hybridized carbons (Fsp3) is 0.278. The van der Waals surface area contributed by atoms with Crippen LogP contribution in [0, 0.1) is 13.8 Å². The van der Waals surface area contributed by atoms with Gasteiger partial charge in [-0.2, -0.15) is 0 Å². The number of rotatable bonds is 5. The van der Waals surface area contributed by atoms with Crippen molar-refractivity contribution >= 4 is 17.5 Å². The van der Waals surface area contributed by atoms with Crippen molar-refractivity contribution < 1.29 is 9.53 Å². The zero-order valence-electron chi connectivity index (χ0n) is 13.1. The molecule has 0 saturated heterocycles. The van der Waals surface area contributed by atoms with Crippen LogP contribution in [-0.4, -0.2) is 31.0 Å². The van der Waals surface area contributed by atoms with Crippen LogP contribution in [-0.2, 0) is 0 Å². The zero-order chi connectivity index (χ0) is 16.1. The number of nitrogens with zero attached hydrogens (tertiary/aromatic N) is 1. The van der Waals surface area contributed by atoms with E-state index in [0.29, 0.717) is 18.2 Å². The van der Waals surface area contributed by atoms with Crippen molar-refractivity contribution in [1.82, 2.24) is 4.90 Å². The molecule has 3 nitrogen and oxygen atoms in total. The minimum atomic E-state index is 0.0113. The molecule has 2 rings (SSSR count). The van der Waals surface area contributed by atoms with Gasteiger partial charge in [-0.15, -0.1) is 0 Å². The Labute approximate surface area is 136 Å². The normalized spacial score (nSPS) is 10.4. The molecule has 0 N–H and O–H groups in total. The SMILES string of the molecule is Cc1ccc(C(=O)N(C)CCOc2ccc(Cl)cc2)c(C)c1. The number of carbonyl (C=O) groups is 1. The largest absolute Gasteiger partial charge is 0.492 e. The van der Waals surface area contributed by atoms with Crippen molar-refractivity contribution in [3.63, 3.8) is 0 Å². The number of likely N-dealkylation sites (N-methyl/N-ethyl adjacent to an activating group) is 1. The fourth-order valence-corrected chi connectivity index (χ4v) is 2.32. The first-order valence-electron chi connectivity index (χ1n) is 7.18. The van der Waals surface area contributed by atoms with Gasteiger partial charge >= 0.3 is 0 Å². The topological polar surface area (TPSA) is 29.5 Å². The van der Waals surface area contributed by atoms with Gasteiger partial charge in [-0.05, 0) is 49.7 Å². The lowest BCUT2D eigenvalue weighted by Gasteiger charge is -2.19. The number of amides is 1. The molecule has 0 fully saturated rings. The van der Waals surface area contributed by atoms with E-state index in [1.807, 2.05) is 44.2 Å². The summed E-state index contributed by atoms with van der Waals surface area (Å²) in [7, 11) is 1.78. The van der Waals surface area contributed by atoms with E-state index in [1.54, 1.807) is 24.1 Å². The fourth-order valence-electron chi connectivity index (χ4n) is 2.19. The van der Waals surface area contributed by atoms with Crippen molar-refractivity contribution in [2.45, 2.75) is 13.8 Å². The highest BCUT2D eigenvalue weighted by atomic mass is 35.5. The number of hydrogen-bond acceptors (Lipinski definition) is 2. The van der Waals surface area contributed by atoms with Crippen LogP contribution in [0.3, 0.4) is 0 Å². The Morgan fingerprint density at radius 3 is 2.45 bits per heavy atom. The number of ether oxygens (including phenoxy) is 1. The minimum Gasteiger partial charge on any atom is -0.492 e. The molecular weight excluding hydrogens is 298 g/mol. The number of aryl methyl sites for hydroxylation is 2. The summed E-state index contributed by atoms with van der Waals surface area (Å²) in [5, 5.41) is 0.675. The average molecular weight is 318 g/mol. The first-order chi connectivity index (χ1) is 10.5. The summed E-state index contributed by atoms with van der Waals surface area (Å²) in [5.41, 5.74) is 2.89. The van der Waals surface area contributed by atoms with E-state index in [4.69, 9.17) is 16.3 Å². The summed E-state index contributed by atoms with van der Waals surface area (Å²) in [6.45, 7) is 4.94. The first kappa shape index (κ1) is 16.4. The maximum absolute atomic E-state index is 12.4. The van der Waals surface area contributed by atoms with Crippen LogP contribution in [0.4, 0.5) is 0 Å². The summed E-state index contributed by atoms with van der Waals surface area (Å²) in [6, 6.07) is 13.0. The predicted molar refractivity (Wildman–Crippen MR) is 89.8 cm³/mol. The number of halogens is 1. The highest BCUT2D eigenvalue weighted by Gasteiger charge is 2.13. The van der Waals surface area contributed by atoms with Gasteiger partial charge in [0.25, 0.3) is 5.91 Å². The van der Waals surface area contributed by atoms with Crippen molar-refractivity contribution in [3.8, 4) is 5.75 Å². The molecule has 0 unspecified atom stereocenters. The molecule has 0 saturated carbocycles. The van der Waals surface area contributed by atoms with Crippen LogP contribution in [0.1, 0.15) is 21.5 Å². The Morgan fingerprint density at radius 2 is 1.82 bits per heavy atom. The molecule has 22 heavy (non-hydrogen) atoms. The maximum atomic E-state index is 12.4. The highest BCUT2D eigenvalue weighted by Crippen LogP contribution is 2.16. The lowest BCUT2D eigenvalue weighted by Crippen LogP contribution is -2.31. The quantitative estimate of drug-likeness (QED) is 0.830. The van der Waals surface area contributed by atoms with Crippen LogP contribution in [0.15, 0.2) is 42.5 Å². The van der Waals surface area contributed by atoms with Crippen LogP contribution in [0.25, 0.3) is 0 Å². The second-order valence-electron chi connectivity index (χ2n) is 5.35. The highest BCUT2D eigenvalue weighted by molar-refractivity contribution is 6.30. The number of hydrogen-bond donors (Lipinski definition) is 0. The van der Waals surface area contributed by atoms with E-state index >= 15 is 0 Å². The summed E-state index contributed by atoms with van der Waals surface area (Å²) >= 11 is 5.82. The molecule has 2 aromatic rings. The van der Waals surface area contributed by atoms with Gasteiger partial charge in [0.05, 0.1) is 6.54 Å². The van der Waals surface area contributed by atoms with Crippen molar-refractivity contribution in [3.05, 3.63) is 64.2 Å². The molecule has 0 radical (unpaired) electrons. The second-order valence-corrected chi connectivity index (χ2v) is 5.78.